The van der Waals surface area contributed by atoms with Crippen molar-refractivity contribution in [1.29, 1.82) is 15.8 Å². The highest BCUT2D eigenvalue weighted by molar-refractivity contribution is 6.09. The van der Waals surface area contributed by atoms with Crippen LogP contribution in [0, 0.1) is 45.3 Å². The minimum Gasteiger partial charge on any atom is -0.399 e. The minimum absolute atomic E-state index is 0.124. The summed E-state index contributed by atoms with van der Waals surface area (Å²) >= 11 is 0. The molecule has 1 aliphatic heterocycles. The lowest BCUT2D eigenvalue weighted by Crippen LogP contribution is -2.60. The molecule has 4 rings (SSSR count). The van der Waals surface area contributed by atoms with Crippen LogP contribution >= 0.6 is 0 Å². The fourth-order valence-electron chi connectivity index (χ4n) is 4.86. The lowest BCUT2D eigenvalue weighted by atomic mass is 9.47. The zero-order valence-electron chi connectivity index (χ0n) is 13.9. The molecule has 6 nitrogen and oxygen atoms in total. The van der Waals surface area contributed by atoms with E-state index in [1.54, 1.807) is 24.3 Å². The molecule has 0 fully saturated rings. The zero-order chi connectivity index (χ0) is 18.5. The van der Waals surface area contributed by atoms with Crippen LogP contribution < -0.4 is 11.1 Å². The summed E-state index contributed by atoms with van der Waals surface area (Å²) in [7, 11) is 0. The van der Waals surface area contributed by atoms with Gasteiger partial charge in [-0.25, -0.2) is 0 Å². The molecule has 0 bridgehead atoms. The SMILES string of the molecule is N#CC1=C(N)C(C#N)(C#N)[C@]2(C(=O)Nc3ccccc32)[C@@H]2CCCC=C12. The molecular formula is C20H15N5O. The van der Waals surface area contributed by atoms with Crippen LogP contribution in [0.2, 0.25) is 0 Å². The van der Waals surface area contributed by atoms with E-state index >= 15 is 0 Å². The van der Waals surface area contributed by atoms with E-state index in [1.165, 1.54) is 0 Å². The Bertz CT molecular complexity index is 1020. The van der Waals surface area contributed by atoms with Crippen molar-refractivity contribution in [3.8, 4) is 18.2 Å². The average Bonchev–Trinajstić information content (AvgIpc) is 2.97. The molecule has 3 aliphatic rings. The van der Waals surface area contributed by atoms with Crippen molar-refractivity contribution in [2.75, 3.05) is 5.32 Å². The van der Waals surface area contributed by atoms with Gasteiger partial charge in [0.1, 0.15) is 11.5 Å². The van der Waals surface area contributed by atoms with Crippen molar-refractivity contribution in [1.82, 2.24) is 0 Å². The number of nitrogens with two attached hydrogens (primary N) is 1. The topological polar surface area (TPSA) is 126 Å². The van der Waals surface area contributed by atoms with Crippen molar-refractivity contribution < 1.29 is 4.79 Å². The van der Waals surface area contributed by atoms with Gasteiger partial charge < -0.3 is 11.1 Å². The number of rotatable bonds is 0. The Hall–Kier alpha value is -3.56. The van der Waals surface area contributed by atoms with Gasteiger partial charge in [0.15, 0.2) is 0 Å². The van der Waals surface area contributed by atoms with Crippen molar-refractivity contribution in [3.05, 3.63) is 52.7 Å². The van der Waals surface area contributed by atoms with Crippen molar-refractivity contribution in [2.24, 2.45) is 17.1 Å². The van der Waals surface area contributed by atoms with E-state index in [0.29, 0.717) is 23.2 Å². The summed E-state index contributed by atoms with van der Waals surface area (Å²) in [6, 6.07) is 13.2. The van der Waals surface area contributed by atoms with Gasteiger partial charge in [0.25, 0.3) is 0 Å². The van der Waals surface area contributed by atoms with Crippen LogP contribution in [0.1, 0.15) is 24.8 Å². The Kier molecular flexibility index (Phi) is 3.20. The molecule has 1 spiro atoms. The van der Waals surface area contributed by atoms with E-state index in [4.69, 9.17) is 5.73 Å². The number of anilines is 1. The molecule has 126 valence electrons. The molecule has 0 radical (unpaired) electrons. The van der Waals surface area contributed by atoms with Crippen molar-refractivity contribution >= 4 is 11.6 Å². The molecule has 6 heteroatoms. The fourth-order valence-corrected chi connectivity index (χ4v) is 4.86. The molecule has 0 aromatic heterocycles. The first-order valence-electron chi connectivity index (χ1n) is 8.42. The summed E-state index contributed by atoms with van der Waals surface area (Å²) in [5.74, 6) is -0.847. The summed E-state index contributed by atoms with van der Waals surface area (Å²) in [4.78, 5) is 13.3. The molecule has 0 unspecified atom stereocenters. The number of carbonyl (C=O) groups excluding carboxylic acids is 1. The molecule has 1 amide bonds. The fraction of sp³-hybridized carbons (Fsp3) is 0.300. The van der Waals surface area contributed by atoms with E-state index < -0.39 is 22.7 Å². The molecule has 1 aromatic rings. The first-order valence-corrected chi connectivity index (χ1v) is 8.42. The van der Waals surface area contributed by atoms with Crippen molar-refractivity contribution in [2.45, 2.75) is 24.7 Å². The zero-order valence-corrected chi connectivity index (χ0v) is 13.9. The Balaban J connectivity index is 2.20. The lowest BCUT2D eigenvalue weighted by Gasteiger charge is -2.49. The molecule has 26 heavy (non-hydrogen) atoms. The third kappa shape index (κ3) is 1.51. The van der Waals surface area contributed by atoms with Gasteiger partial charge in [0.05, 0.1) is 23.4 Å². The Morgan fingerprint density at radius 3 is 2.62 bits per heavy atom. The molecule has 0 saturated carbocycles. The molecule has 1 heterocycles. The van der Waals surface area contributed by atoms with Gasteiger partial charge in [-0.05, 0) is 36.5 Å². The maximum absolute atomic E-state index is 13.3. The summed E-state index contributed by atoms with van der Waals surface area (Å²) in [5, 5.41) is 32.7. The Morgan fingerprint density at radius 2 is 1.92 bits per heavy atom. The molecule has 0 saturated heterocycles. The van der Waals surface area contributed by atoms with Gasteiger partial charge in [0, 0.05) is 11.6 Å². The number of hydrogen-bond donors (Lipinski definition) is 2. The maximum atomic E-state index is 13.3. The van der Waals surface area contributed by atoms with E-state index in [-0.39, 0.29) is 11.3 Å². The first-order chi connectivity index (χ1) is 12.6. The number of amides is 1. The number of hydrogen-bond acceptors (Lipinski definition) is 5. The predicted octanol–water partition coefficient (Wildman–Crippen LogP) is 2.39. The number of nitrogens with zero attached hydrogens (tertiary/aromatic N) is 3. The quantitative estimate of drug-likeness (QED) is 0.749. The normalized spacial score (nSPS) is 28.1. The highest BCUT2D eigenvalue weighted by Crippen LogP contribution is 2.63. The highest BCUT2D eigenvalue weighted by Gasteiger charge is 2.70. The second-order valence-electron chi connectivity index (χ2n) is 6.82. The Morgan fingerprint density at radius 1 is 1.19 bits per heavy atom. The van der Waals surface area contributed by atoms with Crippen LogP contribution in [-0.2, 0) is 10.2 Å². The maximum Gasteiger partial charge on any atom is 0.238 e. The van der Waals surface area contributed by atoms with E-state index in [0.717, 1.165) is 12.8 Å². The monoisotopic (exact) mass is 341 g/mol. The number of nitrogens with one attached hydrogen (secondary N) is 1. The van der Waals surface area contributed by atoms with Crippen LogP contribution in [0.5, 0.6) is 0 Å². The number of para-hydroxylation sites is 1. The second kappa shape index (κ2) is 5.22. The average molecular weight is 341 g/mol. The Labute approximate surface area is 150 Å². The van der Waals surface area contributed by atoms with Gasteiger partial charge in [-0.3, -0.25) is 4.79 Å². The standard InChI is InChI=1S/C20H15N5O/c21-9-13-12-5-1-2-6-14(12)20(19(10-22,11-23)17(13)24)15-7-3-4-8-16(15)25-18(20)26/h3-5,7-8,14H,1-2,6,24H2,(H,25,26)/t14-,20-/m1/s1. The van der Waals surface area contributed by atoms with E-state index in [9.17, 15) is 20.6 Å². The van der Waals surface area contributed by atoms with E-state index in [2.05, 4.69) is 11.4 Å². The summed E-state index contributed by atoms with van der Waals surface area (Å²) in [6.07, 6.45) is 4.12. The molecule has 3 N–H and O–H groups in total. The van der Waals surface area contributed by atoms with Gasteiger partial charge in [-0.2, -0.15) is 15.8 Å². The summed E-state index contributed by atoms with van der Waals surface area (Å²) in [6.45, 7) is 0. The summed E-state index contributed by atoms with van der Waals surface area (Å²) < 4.78 is 0. The molecule has 2 aliphatic carbocycles. The van der Waals surface area contributed by atoms with Gasteiger partial charge in [-0.15, -0.1) is 0 Å². The highest BCUT2D eigenvalue weighted by atomic mass is 16.2. The van der Waals surface area contributed by atoms with Crippen LogP contribution in [0.3, 0.4) is 0 Å². The number of carbonyl (C=O) groups is 1. The number of nitriles is 3. The second-order valence-corrected chi connectivity index (χ2v) is 6.82. The van der Waals surface area contributed by atoms with Crippen LogP contribution in [-0.4, -0.2) is 5.91 Å². The third-order valence-electron chi connectivity index (χ3n) is 5.92. The molecular weight excluding hydrogens is 326 g/mol. The van der Waals surface area contributed by atoms with Gasteiger partial charge in [-0.1, -0.05) is 24.3 Å². The predicted molar refractivity (Wildman–Crippen MR) is 92.7 cm³/mol. The number of allylic oxidation sites excluding steroid dienone is 4. The summed E-state index contributed by atoms with van der Waals surface area (Å²) in [5.41, 5.74) is 4.79. The number of benzene rings is 1. The lowest BCUT2D eigenvalue weighted by molar-refractivity contribution is -0.125. The number of fused-ring (bicyclic) bond motifs is 4. The van der Waals surface area contributed by atoms with Crippen LogP contribution in [0.15, 0.2) is 47.2 Å². The molecule has 1 aromatic carbocycles. The smallest absolute Gasteiger partial charge is 0.238 e. The largest absolute Gasteiger partial charge is 0.399 e. The van der Waals surface area contributed by atoms with Crippen molar-refractivity contribution in [3.63, 3.8) is 0 Å². The van der Waals surface area contributed by atoms with E-state index in [1.807, 2.05) is 18.2 Å². The van der Waals surface area contributed by atoms with Gasteiger partial charge in [0.2, 0.25) is 11.3 Å². The molecule has 2 atom stereocenters. The first kappa shape index (κ1) is 15.9. The minimum atomic E-state index is -1.94. The van der Waals surface area contributed by atoms with Crippen LogP contribution in [0.4, 0.5) is 5.69 Å². The van der Waals surface area contributed by atoms with Gasteiger partial charge >= 0.3 is 0 Å². The van der Waals surface area contributed by atoms with Crippen LogP contribution in [0.25, 0.3) is 0 Å². The third-order valence-corrected chi connectivity index (χ3v) is 5.92.